The van der Waals surface area contributed by atoms with Crippen LogP contribution in [0.3, 0.4) is 0 Å². The van der Waals surface area contributed by atoms with E-state index < -0.39 is 0 Å². The molecule has 0 bridgehead atoms. The molecule has 3 aromatic heterocycles. The Labute approximate surface area is 185 Å². The van der Waals surface area contributed by atoms with Crippen molar-refractivity contribution in [1.29, 1.82) is 0 Å². The van der Waals surface area contributed by atoms with Gasteiger partial charge in [-0.15, -0.1) is 35.3 Å². The number of H-pyrrole nitrogens is 1. The number of aryl methyl sites for hydroxylation is 2. The molecular weight excluding hydrogens is 489 g/mol. The molecule has 0 aromatic carbocycles. The highest BCUT2D eigenvalue weighted by atomic mass is 127. The number of hydrogen-bond donors (Lipinski definition) is 3. The highest BCUT2D eigenvalue weighted by molar-refractivity contribution is 14.0. The lowest BCUT2D eigenvalue weighted by Gasteiger charge is -2.10. The van der Waals surface area contributed by atoms with E-state index in [4.69, 9.17) is 4.42 Å². The summed E-state index contributed by atoms with van der Waals surface area (Å²) in [6.07, 6.45) is 3.17. The van der Waals surface area contributed by atoms with Crippen LogP contribution in [0.1, 0.15) is 28.3 Å². The van der Waals surface area contributed by atoms with Gasteiger partial charge in [-0.25, -0.2) is 9.97 Å². The van der Waals surface area contributed by atoms with E-state index in [0.717, 1.165) is 35.5 Å². The Morgan fingerprint density at radius 1 is 1.25 bits per heavy atom. The minimum absolute atomic E-state index is 0. The van der Waals surface area contributed by atoms with Crippen molar-refractivity contribution in [2.24, 2.45) is 4.99 Å². The molecule has 28 heavy (non-hydrogen) atoms. The van der Waals surface area contributed by atoms with E-state index in [-0.39, 0.29) is 24.0 Å². The first-order valence-corrected chi connectivity index (χ1v) is 9.87. The van der Waals surface area contributed by atoms with Gasteiger partial charge in [-0.05, 0) is 32.9 Å². The number of nitrogens with one attached hydrogen (secondary N) is 3. The second kappa shape index (κ2) is 11.1. The van der Waals surface area contributed by atoms with E-state index in [9.17, 15) is 0 Å². The van der Waals surface area contributed by atoms with Crippen molar-refractivity contribution in [2.75, 3.05) is 19.6 Å². The van der Waals surface area contributed by atoms with Gasteiger partial charge in [0.05, 0.1) is 17.0 Å². The highest BCUT2D eigenvalue weighted by Gasteiger charge is 2.08. The summed E-state index contributed by atoms with van der Waals surface area (Å²) >= 11 is 1.75. The SMILES string of the molecule is CCNC(=NCCc1nc(C)c(C)s1)NCCc1nc(-c2ccco2)n[nH]1.I. The van der Waals surface area contributed by atoms with Crippen LogP contribution in [0, 0.1) is 13.8 Å². The van der Waals surface area contributed by atoms with Crippen molar-refractivity contribution >= 4 is 41.3 Å². The molecule has 3 heterocycles. The van der Waals surface area contributed by atoms with Gasteiger partial charge in [-0.2, -0.15) is 5.10 Å². The summed E-state index contributed by atoms with van der Waals surface area (Å²) in [4.78, 5) is 14.9. The van der Waals surface area contributed by atoms with Crippen LogP contribution < -0.4 is 10.6 Å². The topological polar surface area (TPSA) is 104 Å². The van der Waals surface area contributed by atoms with Gasteiger partial charge in [0.2, 0.25) is 5.82 Å². The number of thiazole rings is 1. The van der Waals surface area contributed by atoms with Crippen LogP contribution in [0.4, 0.5) is 0 Å². The van der Waals surface area contributed by atoms with Crippen LogP contribution in [-0.2, 0) is 12.8 Å². The molecule has 0 radical (unpaired) electrons. The zero-order valence-electron chi connectivity index (χ0n) is 16.3. The predicted octanol–water partition coefficient (Wildman–Crippen LogP) is 3.10. The molecular formula is C18H26IN7OS. The normalized spacial score (nSPS) is 11.3. The molecule has 152 valence electrons. The minimum Gasteiger partial charge on any atom is -0.461 e. The Hall–Kier alpha value is -1.95. The van der Waals surface area contributed by atoms with E-state index in [1.165, 1.54) is 4.88 Å². The molecule has 8 nitrogen and oxygen atoms in total. The van der Waals surface area contributed by atoms with Crippen LogP contribution in [0.15, 0.2) is 27.8 Å². The highest BCUT2D eigenvalue weighted by Crippen LogP contribution is 2.16. The average molecular weight is 515 g/mol. The number of hydrogen-bond acceptors (Lipinski definition) is 6. The van der Waals surface area contributed by atoms with Crippen LogP contribution in [0.2, 0.25) is 0 Å². The number of halogens is 1. The Balaban J connectivity index is 0.00000280. The molecule has 3 rings (SSSR count). The Morgan fingerprint density at radius 2 is 2.11 bits per heavy atom. The third kappa shape index (κ3) is 6.30. The molecule has 0 saturated heterocycles. The van der Waals surface area contributed by atoms with Crippen molar-refractivity contribution in [3.8, 4) is 11.6 Å². The summed E-state index contributed by atoms with van der Waals surface area (Å²) in [5.41, 5.74) is 1.12. The fourth-order valence-electron chi connectivity index (χ4n) is 2.47. The standard InChI is InChI=1S/C18H25N7OS.HI/c1-4-19-18(21-10-8-16-22-12(2)13(3)27-16)20-9-7-15-23-17(25-24-15)14-6-5-11-26-14;/h5-6,11H,4,7-10H2,1-3H3,(H2,19,20,21)(H,23,24,25);1H. The maximum atomic E-state index is 5.30. The van der Waals surface area contributed by atoms with Crippen molar-refractivity contribution in [3.63, 3.8) is 0 Å². The second-order valence-electron chi connectivity index (χ2n) is 6.02. The van der Waals surface area contributed by atoms with Crippen molar-refractivity contribution in [1.82, 2.24) is 30.8 Å². The molecule has 0 amide bonds. The van der Waals surface area contributed by atoms with E-state index in [2.05, 4.69) is 49.6 Å². The fraction of sp³-hybridized carbons (Fsp3) is 0.444. The molecule has 0 aliphatic carbocycles. The van der Waals surface area contributed by atoms with Crippen molar-refractivity contribution < 1.29 is 4.42 Å². The van der Waals surface area contributed by atoms with E-state index in [1.54, 1.807) is 17.6 Å². The monoisotopic (exact) mass is 515 g/mol. The van der Waals surface area contributed by atoms with Gasteiger partial charge in [-0.3, -0.25) is 10.1 Å². The van der Waals surface area contributed by atoms with E-state index in [0.29, 0.717) is 31.1 Å². The molecule has 10 heteroatoms. The number of aromatic nitrogens is 4. The number of guanidine groups is 1. The molecule has 3 N–H and O–H groups in total. The molecule has 0 fully saturated rings. The maximum absolute atomic E-state index is 5.30. The number of rotatable bonds is 8. The molecule has 0 spiro atoms. The summed E-state index contributed by atoms with van der Waals surface area (Å²) in [6.45, 7) is 8.42. The third-order valence-corrected chi connectivity index (χ3v) is 5.07. The molecule has 3 aromatic rings. The number of aromatic amines is 1. The number of nitrogens with zero attached hydrogens (tertiary/aromatic N) is 4. The summed E-state index contributed by atoms with van der Waals surface area (Å²) < 4.78 is 5.30. The first-order valence-electron chi connectivity index (χ1n) is 9.06. The Morgan fingerprint density at radius 3 is 2.79 bits per heavy atom. The van der Waals surface area contributed by atoms with Gasteiger partial charge in [0, 0.05) is 37.4 Å². The first-order chi connectivity index (χ1) is 13.2. The lowest BCUT2D eigenvalue weighted by Crippen LogP contribution is -2.38. The van der Waals surface area contributed by atoms with Gasteiger partial charge >= 0.3 is 0 Å². The molecule has 0 aliphatic rings. The first kappa shape index (κ1) is 22.3. The number of aliphatic imine (C=N–C) groups is 1. The molecule has 0 saturated carbocycles. The van der Waals surface area contributed by atoms with Crippen LogP contribution in [0.25, 0.3) is 11.6 Å². The predicted molar refractivity (Wildman–Crippen MR) is 122 cm³/mol. The maximum Gasteiger partial charge on any atom is 0.216 e. The zero-order valence-corrected chi connectivity index (χ0v) is 19.4. The molecule has 0 aliphatic heterocycles. The van der Waals surface area contributed by atoms with Gasteiger partial charge in [-0.1, -0.05) is 0 Å². The Kier molecular flexibility index (Phi) is 8.90. The van der Waals surface area contributed by atoms with Gasteiger partial charge in [0.25, 0.3) is 0 Å². The average Bonchev–Trinajstić information content (AvgIpc) is 3.37. The molecule has 0 atom stereocenters. The van der Waals surface area contributed by atoms with E-state index >= 15 is 0 Å². The summed E-state index contributed by atoms with van der Waals surface area (Å²) in [5.74, 6) is 2.84. The van der Waals surface area contributed by atoms with Gasteiger partial charge in [0.1, 0.15) is 5.82 Å². The van der Waals surface area contributed by atoms with Crippen molar-refractivity contribution in [3.05, 3.63) is 39.8 Å². The van der Waals surface area contributed by atoms with Crippen LogP contribution in [0.5, 0.6) is 0 Å². The summed E-state index contributed by atoms with van der Waals surface area (Å²) in [6, 6.07) is 3.66. The lowest BCUT2D eigenvalue weighted by atomic mass is 10.4. The second-order valence-corrected chi connectivity index (χ2v) is 7.31. The van der Waals surface area contributed by atoms with Crippen LogP contribution >= 0.6 is 35.3 Å². The Bertz CT molecular complexity index is 853. The third-order valence-electron chi connectivity index (χ3n) is 3.94. The lowest BCUT2D eigenvalue weighted by molar-refractivity contribution is 0.577. The summed E-state index contributed by atoms with van der Waals surface area (Å²) in [5, 5.41) is 14.8. The smallest absolute Gasteiger partial charge is 0.216 e. The zero-order chi connectivity index (χ0) is 19.1. The fourth-order valence-corrected chi connectivity index (χ4v) is 3.40. The van der Waals surface area contributed by atoms with Crippen LogP contribution in [-0.4, -0.2) is 45.8 Å². The number of furan rings is 1. The summed E-state index contributed by atoms with van der Waals surface area (Å²) in [7, 11) is 0. The van der Waals surface area contributed by atoms with Gasteiger partial charge < -0.3 is 15.1 Å². The molecule has 0 unspecified atom stereocenters. The minimum atomic E-state index is 0. The van der Waals surface area contributed by atoms with Gasteiger partial charge in [0.15, 0.2) is 11.7 Å². The largest absolute Gasteiger partial charge is 0.461 e. The quantitative estimate of drug-likeness (QED) is 0.242. The van der Waals surface area contributed by atoms with E-state index in [1.807, 2.05) is 19.1 Å². The van der Waals surface area contributed by atoms with Crippen molar-refractivity contribution in [2.45, 2.75) is 33.6 Å².